The van der Waals surface area contributed by atoms with E-state index in [0.29, 0.717) is 25.1 Å². The number of carbonyl (C=O) groups is 1. The number of halogens is 2. The summed E-state index contributed by atoms with van der Waals surface area (Å²) in [6.45, 7) is 0.566. The number of allylic oxidation sites excluding steroid dienone is 1. The van der Waals surface area contributed by atoms with Crippen molar-refractivity contribution in [2.75, 3.05) is 20.6 Å². The largest absolute Gasteiger partial charge is 0.478 e. The van der Waals surface area contributed by atoms with Crippen molar-refractivity contribution in [3.63, 3.8) is 0 Å². The maximum Gasteiger partial charge on any atom is 0.328 e. The van der Waals surface area contributed by atoms with Crippen LogP contribution >= 0.6 is 0 Å². The predicted octanol–water partition coefficient (Wildman–Crippen LogP) is 1.60. The molecule has 0 saturated carbocycles. The van der Waals surface area contributed by atoms with Gasteiger partial charge in [0.05, 0.1) is 0 Å². The van der Waals surface area contributed by atoms with Gasteiger partial charge in [0.1, 0.15) is 0 Å². The molecule has 14 heavy (non-hydrogen) atoms. The first-order valence-corrected chi connectivity index (χ1v) is 4.28. The molecule has 0 aromatic heterocycles. The van der Waals surface area contributed by atoms with Crippen molar-refractivity contribution in [1.82, 2.24) is 4.90 Å². The van der Waals surface area contributed by atoms with E-state index in [1.165, 1.54) is 0 Å². The van der Waals surface area contributed by atoms with E-state index in [-0.39, 0.29) is 6.42 Å². The average molecular weight is 207 g/mol. The molecule has 0 unspecified atom stereocenters. The standard InChI is InChI=1S/C9H15F2NO2/c1-12(2)7-3-5-9(10,11)6-4-8(13)14/h4,6H,3,5,7H2,1-2H3,(H,13,14)/b6-4+. The smallest absolute Gasteiger partial charge is 0.328 e. The fourth-order valence-electron chi connectivity index (χ4n) is 0.908. The van der Waals surface area contributed by atoms with Crippen LogP contribution in [0.25, 0.3) is 0 Å². The highest BCUT2D eigenvalue weighted by atomic mass is 19.3. The number of nitrogens with zero attached hydrogens (tertiary/aromatic N) is 1. The van der Waals surface area contributed by atoms with Crippen LogP contribution in [0, 0.1) is 0 Å². The molecule has 0 spiro atoms. The van der Waals surface area contributed by atoms with Crippen LogP contribution < -0.4 is 0 Å². The van der Waals surface area contributed by atoms with Gasteiger partial charge in [-0.15, -0.1) is 0 Å². The summed E-state index contributed by atoms with van der Waals surface area (Å²) < 4.78 is 25.7. The van der Waals surface area contributed by atoms with Crippen LogP contribution in [0.2, 0.25) is 0 Å². The molecule has 5 heteroatoms. The highest BCUT2D eigenvalue weighted by molar-refractivity contribution is 5.79. The fourth-order valence-corrected chi connectivity index (χ4v) is 0.908. The number of hydrogen-bond acceptors (Lipinski definition) is 2. The Balaban J connectivity index is 3.89. The Hall–Kier alpha value is -0.970. The second kappa shape index (κ2) is 5.70. The number of aliphatic carboxylic acids is 1. The summed E-state index contributed by atoms with van der Waals surface area (Å²) in [5.74, 6) is -4.37. The number of carboxylic acids is 1. The molecule has 1 N–H and O–H groups in total. The van der Waals surface area contributed by atoms with Crippen molar-refractivity contribution in [3.05, 3.63) is 12.2 Å². The quantitative estimate of drug-likeness (QED) is 0.672. The summed E-state index contributed by atoms with van der Waals surface area (Å²) in [6.07, 6.45) is 0.930. The SMILES string of the molecule is CN(C)CCCC(F)(F)/C=C/C(=O)O. The molecule has 0 aliphatic rings. The second-order valence-electron chi connectivity index (χ2n) is 3.34. The molecule has 0 aliphatic heterocycles. The molecule has 0 saturated heterocycles. The van der Waals surface area contributed by atoms with Gasteiger partial charge < -0.3 is 10.0 Å². The molecule has 0 aromatic carbocycles. The third-order valence-corrected chi connectivity index (χ3v) is 1.59. The van der Waals surface area contributed by atoms with Gasteiger partial charge in [0.2, 0.25) is 0 Å². The van der Waals surface area contributed by atoms with E-state index in [4.69, 9.17) is 5.11 Å². The summed E-state index contributed by atoms with van der Waals surface area (Å²) in [4.78, 5) is 11.8. The fraction of sp³-hybridized carbons (Fsp3) is 0.667. The Morgan fingerprint density at radius 2 is 2.07 bits per heavy atom. The van der Waals surface area contributed by atoms with Crippen LogP contribution in [0.4, 0.5) is 8.78 Å². The van der Waals surface area contributed by atoms with Crippen LogP contribution in [-0.2, 0) is 4.79 Å². The number of alkyl halides is 2. The van der Waals surface area contributed by atoms with E-state index in [2.05, 4.69) is 0 Å². The predicted molar refractivity (Wildman–Crippen MR) is 49.5 cm³/mol. The molecule has 0 rings (SSSR count). The zero-order chi connectivity index (χ0) is 11.2. The number of hydrogen-bond donors (Lipinski definition) is 1. The van der Waals surface area contributed by atoms with Crippen molar-refractivity contribution in [2.45, 2.75) is 18.8 Å². The number of carboxylic acid groups (broad SMARTS) is 1. The first-order valence-electron chi connectivity index (χ1n) is 4.28. The van der Waals surface area contributed by atoms with Crippen LogP contribution in [0.1, 0.15) is 12.8 Å². The monoisotopic (exact) mass is 207 g/mol. The van der Waals surface area contributed by atoms with Gasteiger partial charge in [-0.3, -0.25) is 0 Å². The van der Waals surface area contributed by atoms with Crippen molar-refractivity contribution in [2.24, 2.45) is 0 Å². The molecular formula is C9H15F2NO2. The summed E-state index contributed by atoms with van der Waals surface area (Å²) >= 11 is 0. The highest BCUT2D eigenvalue weighted by Gasteiger charge is 2.24. The van der Waals surface area contributed by atoms with Crippen molar-refractivity contribution in [3.8, 4) is 0 Å². The van der Waals surface area contributed by atoms with Crippen molar-refractivity contribution >= 4 is 5.97 Å². The maximum absolute atomic E-state index is 12.9. The van der Waals surface area contributed by atoms with Crippen LogP contribution in [0.15, 0.2) is 12.2 Å². The third-order valence-electron chi connectivity index (χ3n) is 1.59. The first kappa shape index (κ1) is 13.0. The van der Waals surface area contributed by atoms with Crippen molar-refractivity contribution in [1.29, 1.82) is 0 Å². The summed E-state index contributed by atoms with van der Waals surface area (Å²) in [5, 5.41) is 8.16. The minimum atomic E-state index is -3.02. The minimum absolute atomic E-state index is 0.324. The average Bonchev–Trinajstić information content (AvgIpc) is 2.00. The van der Waals surface area contributed by atoms with E-state index >= 15 is 0 Å². The van der Waals surface area contributed by atoms with Crippen LogP contribution in [-0.4, -0.2) is 42.5 Å². The summed E-state index contributed by atoms with van der Waals surface area (Å²) in [6, 6.07) is 0. The topological polar surface area (TPSA) is 40.5 Å². The summed E-state index contributed by atoms with van der Waals surface area (Å²) in [5.41, 5.74) is 0. The zero-order valence-corrected chi connectivity index (χ0v) is 8.33. The normalized spacial score (nSPS) is 12.6. The lowest BCUT2D eigenvalue weighted by Gasteiger charge is -2.13. The van der Waals surface area contributed by atoms with Gasteiger partial charge in [0, 0.05) is 12.5 Å². The Morgan fingerprint density at radius 3 is 2.50 bits per heavy atom. The van der Waals surface area contributed by atoms with E-state index in [0.717, 1.165) is 0 Å². The Kier molecular flexibility index (Phi) is 5.30. The lowest BCUT2D eigenvalue weighted by atomic mass is 10.1. The molecule has 0 aromatic rings. The Morgan fingerprint density at radius 1 is 1.50 bits per heavy atom. The van der Waals surface area contributed by atoms with E-state index in [1.54, 1.807) is 19.0 Å². The third kappa shape index (κ3) is 7.67. The zero-order valence-electron chi connectivity index (χ0n) is 8.33. The Labute approximate surface area is 82.0 Å². The summed E-state index contributed by atoms with van der Waals surface area (Å²) in [7, 11) is 3.59. The van der Waals surface area contributed by atoms with Crippen LogP contribution in [0.5, 0.6) is 0 Å². The van der Waals surface area contributed by atoms with E-state index < -0.39 is 11.9 Å². The minimum Gasteiger partial charge on any atom is -0.478 e. The lowest BCUT2D eigenvalue weighted by Crippen LogP contribution is -2.18. The first-order chi connectivity index (χ1) is 6.33. The highest BCUT2D eigenvalue weighted by Crippen LogP contribution is 2.21. The second-order valence-corrected chi connectivity index (χ2v) is 3.34. The molecule has 0 heterocycles. The van der Waals surface area contributed by atoms with Gasteiger partial charge in [0.25, 0.3) is 5.92 Å². The van der Waals surface area contributed by atoms with Gasteiger partial charge in [-0.25, -0.2) is 13.6 Å². The van der Waals surface area contributed by atoms with Gasteiger partial charge in [0.15, 0.2) is 0 Å². The molecular weight excluding hydrogens is 192 g/mol. The van der Waals surface area contributed by atoms with Gasteiger partial charge in [-0.05, 0) is 33.1 Å². The van der Waals surface area contributed by atoms with Crippen LogP contribution in [0.3, 0.4) is 0 Å². The molecule has 0 fully saturated rings. The van der Waals surface area contributed by atoms with Crippen molar-refractivity contribution < 1.29 is 18.7 Å². The molecule has 0 amide bonds. The molecule has 3 nitrogen and oxygen atoms in total. The molecule has 82 valence electrons. The molecule has 0 atom stereocenters. The van der Waals surface area contributed by atoms with E-state index in [1.807, 2.05) is 0 Å². The molecule has 0 aliphatic carbocycles. The lowest BCUT2D eigenvalue weighted by molar-refractivity contribution is -0.131. The van der Waals surface area contributed by atoms with Gasteiger partial charge >= 0.3 is 5.97 Å². The number of rotatable bonds is 6. The Bertz CT molecular complexity index is 215. The molecule has 0 bridgehead atoms. The van der Waals surface area contributed by atoms with Gasteiger partial charge in [-0.1, -0.05) is 0 Å². The maximum atomic E-state index is 12.9. The van der Waals surface area contributed by atoms with E-state index in [9.17, 15) is 13.6 Å². The van der Waals surface area contributed by atoms with Gasteiger partial charge in [-0.2, -0.15) is 0 Å². The molecule has 0 radical (unpaired) electrons.